The van der Waals surface area contributed by atoms with Gasteiger partial charge in [0.25, 0.3) is 0 Å². The highest BCUT2D eigenvalue weighted by Gasteiger charge is 2.09. The molecule has 0 radical (unpaired) electrons. The zero-order valence-electron chi connectivity index (χ0n) is 14.6. The lowest BCUT2D eigenvalue weighted by Crippen LogP contribution is -2.39. The molecule has 0 aliphatic carbocycles. The van der Waals surface area contributed by atoms with Crippen molar-refractivity contribution in [3.8, 4) is 0 Å². The van der Waals surface area contributed by atoms with Crippen molar-refractivity contribution in [3.05, 3.63) is 21.5 Å². The second-order valence-electron chi connectivity index (χ2n) is 6.47. The second kappa shape index (κ2) is 8.37. The number of nitrogens with zero attached hydrogens (tertiary/aromatic N) is 4. The van der Waals surface area contributed by atoms with Crippen molar-refractivity contribution in [3.63, 3.8) is 0 Å². The van der Waals surface area contributed by atoms with Gasteiger partial charge in [-0.1, -0.05) is 32.2 Å². The molecule has 8 heteroatoms. The van der Waals surface area contributed by atoms with Gasteiger partial charge in [-0.2, -0.15) is 0 Å². The van der Waals surface area contributed by atoms with E-state index in [9.17, 15) is 9.90 Å². The van der Waals surface area contributed by atoms with E-state index in [0.29, 0.717) is 16.8 Å². The lowest BCUT2D eigenvalue weighted by Gasteiger charge is -2.25. The quantitative estimate of drug-likeness (QED) is 0.640. The van der Waals surface area contributed by atoms with Crippen LogP contribution in [0, 0.1) is 4.64 Å². The SMILES string of the molecule is CCCCn1c(=O)n(C)c(=S)c2[nH]cnc21.C[N+](C)(C)CC[O-]. The Morgan fingerprint density at radius 1 is 1.39 bits per heavy atom. The van der Waals surface area contributed by atoms with E-state index in [1.54, 1.807) is 17.9 Å². The summed E-state index contributed by atoms with van der Waals surface area (Å²) < 4.78 is 4.44. The molecule has 7 nitrogen and oxygen atoms in total. The molecule has 0 atom stereocenters. The van der Waals surface area contributed by atoms with Gasteiger partial charge in [-0.3, -0.25) is 9.13 Å². The normalized spacial score (nSPS) is 11.4. The third-order valence-corrected chi connectivity index (χ3v) is 3.89. The van der Waals surface area contributed by atoms with Gasteiger partial charge in [0.2, 0.25) is 0 Å². The lowest BCUT2D eigenvalue weighted by molar-refractivity contribution is -0.875. The Morgan fingerprint density at radius 3 is 2.52 bits per heavy atom. The highest BCUT2D eigenvalue weighted by molar-refractivity contribution is 7.71. The molecule has 2 aromatic rings. The van der Waals surface area contributed by atoms with Crippen molar-refractivity contribution in [2.24, 2.45) is 7.05 Å². The minimum Gasteiger partial charge on any atom is -0.850 e. The van der Waals surface area contributed by atoms with E-state index in [-0.39, 0.29) is 12.3 Å². The Hall–Kier alpha value is -1.51. The Bertz CT molecular complexity index is 739. The van der Waals surface area contributed by atoms with Gasteiger partial charge in [0.05, 0.1) is 34.0 Å². The summed E-state index contributed by atoms with van der Waals surface area (Å²) in [6.45, 7) is 3.53. The maximum absolute atomic E-state index is 12.0. The number of unbranched alkanes of at least 4 members (excludes halogenated alkanes) is 1. The summed E-state index contributed by atoms with van der Waals surface area (Å²) in [7, 11) is 7.72. The number of aryl methyl sites for hydroxylation is 1. The summed E-state index contributed by atoms with van der Waals surface area (Å²) in [4.78, 5) is 19.2. The van der Waals surface area contributed by atoms with Crippen LogP contribution in [-0.2, 0) is 13.6 Å². The summed E-state index contributed by atoms with van der Waals surface area (Å²) in [5.74, 6) is 0. The molecule has 2 aromatic heterocycles. The second-order valence-corrected chi connectivity index (χ2v) is 6.86. The summed E-state index contributed by atoms with van der Waals surface area (Å²) in [6.07, 6.45) is 3.57. The Kier molecular flexibility index (Phi) is 7.11. The van der Waals surface area contributed by atoms with E-state index in [0.717, 1.165) is 29.4 Å². The van der Waals surface area contributed by atoms with Crippen LogP contribution in [0.3, 0.4) is 0 Å². The minimum absolute atomic E-state index is 0.0312. The first-order valence-electron chi connectivity index (χ1n) is 7.74. The predicted octanol–water partition coefficient (Wildman–Crippen LogP) is 0.646. The van der Waals surface area contributed by atoms with Crippen LogP contribution in [0.1, 0.15) is 19.8 Å². The van der Waals surface area contributed by atoms with Crippen LogP contribution in [0.25, 0.3) is 11.2 Å². The molecule has 1 N–H and O–H groups in total. The van der Waals surface area contributed by atoms with Gasteiger partial charge in [0.1, 0.15) is 10.2 Å². The molecule has 0 bridgehead atoms. The first-order chi connectivity index (χ1) is 10.7. The highest BCUT2D eigenvalue weighted by Crippen LogP contribution is 2.08. The summed E-state index contributed by atoms with van der Waals surface area (Å²) in [6, 6.07) is 0. The predicted molar refractivity (Wildman–Crippen MR) is 92.8 cm³/mol. The fourth-order valence-electron chi connectivity index (χ4n) is 1.97. The molecule has 0 aromatic carbocycles. The number of rotatable bonds is 5. The number of H-pyrrole nitrogens is 1. The van der Waals surface area contributed by atoms with Gasteiger partial charge in [-0.05, 0) is 6.42 Å². The van der Waals surface area contributed by atoms with Crippen LogP contribution in [-0.4, -0.2) is 57.9 Å². The van der Waals surface area contributed by atoms with E-state index in [2.05, 4.69) is 16.9 Å². The molecule has 0 aliphatic rings. The van der Waals surface area contributed by atoms with Crippen LogP contribution in [0.4, 0.5) is 0 Å². The lowest BCUT2D eigenvalue weighted by atomic mass is 10.3. The average Bonchev–Trinajstić information content (AvgIpc) is 2.94. The van der Waals surface area contributed by atoms with E-state index >= 15 is 0 Å². The molecule has 130 valence electrons. The third-order valence-electron chi connectivity index (χ3n) is 3.41. The Labute approximate surface area is 141 Å². The van der Waals surface area contributed by atoms with Gasteiger partial charge in [0.15, 0.2) is 5.65 Å². The van der Waals surface area contributed by atoms with E-state index in [4.69, 9.17) is 12.2 Å². The molecule has 0 saturated carbocycles. The standard InChI is InChI=1S/C10H14N4OS.C5H13NO/c1-3-4-5-14-8-7(11-6-12-8)9(16)13(2)10(14)15;1-6(2,3)4-5-7/h6H,3-5H2,1-2H3,(H,11,12);4-5H2,1-3H3. The zero-order valence-corrected chi connectivity index (χ0v) is 15.4. The van der Waals surface area contributed by atoms with Gasteiger partial charge in [-0.15, -0.1) is 0 Å². The Balaban J connectivity index is 0.000000322. The van der Waals surface area contributed by atoms with E-state index in [1.165, 1.54) is 4.57 Å². The van der Waals surface area contributed by atoms with Crippen molar-refractivity contribution in [1.29, 1.82) is 0 Å². The number of quaternary nitrogens is 1. The van der Waals surface area contributed by atoms with Crippen molar-refractivity contribution < 1.29 is 9.59 Å². The number of imidazole rings is 1. The largest absolute Gasteiger partial charge is 0.850 e. The molecular weight excluding hydrogens is 314 g/mol. The topological polar surface area (TPSA) is 78.7 Å². The molecule has 2 rings (SSSR count). The molecule has 0 amide bonds. The highest BCUT2D eigenvalue weighted by atomic mass is 32.1. The van der Waals surface area contributed by atoms with Gasteiger partial charge in [-0.25, -0.2) is 9.78 Å². The number of fused-ring (bicyclic) bond motifs is 1. The molecule has 0 aliphatic heterocycles. The smallest absolute Gasteiger partial charge is 0.330 e. The molecule has 0 spiro atoms. The van der Waals surface area contributed by atoms with Gasteiger partial charge in [0, 0.05) is 13.6 Å². The van der Waals surface area contributed by atoms with Crippen LogP contribution in [0.15, 0.2) is 11.1 Å². The summed E-state index contributed by atoms with van der Waals surface area (Å²) in [5, 5.41) is 9.93. The van der Waals surface area contributed by atoms with Crippen molar-refractivity contribution in [2.75, 3.05) is 34.3 Å². The number of aromatic nitrogens is 4. The van der Waals surface area contributed by atoms with Gasteiger partial charge < -0.3 is 14.6 Å². The maximum atomic E-state index is 12.0. The molecular formula is C15H27N5O2S. The summed E-state index contributed by atoms with van der Waals surface area (Å²) >= 11 is 5.19. The first-order valence-corrected chi connectivity index (χ1v) is 8.15. The molecule has 0 unspecified atom stereocenters. The maximum Gasteiger partial charge on any atom is 0.330 e. The van der Waals surface area contributed by atoms with Crippen LogP contribution >= 0.6 is 12.2 Å². The summed E-state index contributed by atoms with van der Waals surface area (Å²) in [5.41, 5.74) is 1.31. The van der Waals surface area contributed by atoms with Crippen molar-refractivity contribution in [1.82, 2.24) is 19.1 Å². The van der Waals surface area contributed by atoms with Crippen molar-refractivity contribution >= 4 is 23.4 Å². The van der Waals surface area contributed by atoms with E-state index in [1.807, 2.05) is 21.1 Å². The van der Waals surface area contributed by atoms with Crippen LogP contribution < -0.4 is 10.8 Å². The number of hydrogen-bond acceptors (Lipinski definition) is 4. The molecule has 0 saturated heterocycles. The zero-order chi connectivity index (χ0) is 17.6. The minimum atomic E-state index is -0.0990. The van der Waals surface area contributed by atoms with E-state index < -0.39 is 0 Å². The average molecular weight is 341 g/mol. The number of aromatic amines is 1. The monoisotopic (exact) mass is 341 g/mol. The third kappa shape index (κ3) is 5.26. The number of nitrogens with one attached hydrogen (secondary N) is 1. The van der Waals surface area contributed by atoms with Gasteiger partial charge >= 0.3 is 5.69 Å². The fraction of sp³-hybridized carbons (Fsp3) is 0.667. The Morgan fingerprint density at radius 2 is 2.04 bits per heavy atom. The van der Waals surface area contributed by atoms with Crippen molar-refractivity contribution in [2.45, 2.75) is 26.3 Å². The molecule has 23 heavy (non-hydrogen) atoms. The van der Waals surface area contributed by atoms with Crippen LogP contribution in [0.5, 0.6) is 0 Å². The fourth-order valence-corrected chi connectivity index (χ4v) is 2.20. The number of hydrogen-bond donors (Lipinski definition) is 1. The first kappa shape index (κ1) is 19.5. The van der Waals surface area contributed by atoms with Crippen LogP contribution in [0.2, 0.25) is 0 Å². The number of likely N-dealkylation sites (N-methyl/N-ethyl adjacent to an activating group) is 1. The molecule has 2 heterocycles. The molecule has 0 fully saturated rings.